The molecule has 0 spiro atoms. The molecule has 0 aromatic heterocycles. The van der Waals surface area contributed by atoms with E-state index in [1.807, 2.05) is 0 Å². The molecule has 0 atom stereocenters. The zero-order valence-corrected chi connectivity index (χ0v) is 11.6. The number of benzene rings is 1. The lowest BCUT2D eigenvalue weighted by Gasteiger charge is -2.19. The van der Waals surface area contributed by atoms with Crippen molar-refractivity contribution in [2.24, 2.45) is 5.92 Å². The molecular weight excluding hydrogens is 244 g/mol. The molecule has 1 aliphatic rings. The number of amides is 1. The van der Waals surface area contributed by atoms with Crippen molar-refractivity contribution in [1.29, 1.82) is 0 Å². The van der Waals surface area contributed by atoms with Crippen molar-refractivity contribution in [1.82, 2.24) is 4.90 Å². The molecular formula is C14H20N2O3. The van der Waals surface area contributed by atoms with Gasteiger partial charge in [0.2, 0.25) is 0 Å². The second kappa shape index (κ2) is 5.38. The first kappa shape index (κ1) is 13.5. The summed E-state index contributed by atoms with van der Waals surface area (Å²) in [6.07, 6.45) is 2.41. The summed E-state index contributed by atoms with van der Waals surface area (Å²) in [7, 11) is 4.88. The number of hydrogen-bond donors (Lipinski definition) is 1. The van der Waals surface area contributed by atoms with Crippen LogP contribution in [-0.4, -0.2) is 38.6 Å². The fourth-order valence-corrected chi connectivity index (χ4v) is 2.06. The molecule has 5 heteroatoms. The summed E-state index contributed by atoms with van der Waals surface area (Å²) < 4.78 is 10.4. The van der Waals surface area contributed by atoms with Crippen LogP contribution in [0.5, 0.6) is 11.5 Å². The molecule has 19 heavy (non-hydrogen) atoms. The number of nitrogen functional groups attached to an aromatic ring is 1. The minimum Gasteiger partial charge on any atom is -0.493 e. The van der Waals surface area contributed by atoms with Crippen molar-refractivity contribution in [2.75, 3.05) is 33.5 Å². The van der Waals surface area contributed by atoms with Gasteiger partial charge >= 0.3 is 0 Å². The lowest BCUT2D eigenvalue weighted by Crippen LogP contribution is -2.29. The highest BCUT2D eigenvalue weighted by Crippen LogP contribution is 2.33. The van der Waals surface area contributed by atoms with E-state index in [1.54, 1.807) is 24.1 Å². The van der Waals surface area contributed by atoms with Crippen LogP contribution in [0.25, 0.3) is 0 Å². The molecule has 104 valence electrons. The Morgan fingerprint density at radius 1 is 1.32 bits per heavy atom. The Hall–Kier alpha value is -1.91. The molecule has 0 unspecified atom stereocenters. The standard InChI is InChI=1S/C14H20N2O3/c1-16(8-9-4-5-9)14(17)10-6-12(18-2)13(19-3)7-11(10)15/h6-7,9H,4-5,8,15H2,1-3H3. The van der Waals surface area contributed by atoms with Gasteiger partial charge in [0.25, 0.3) is 5.91 Å². The maximum atomic E-state index is 12.3. The second-order valence-corrected chi connectivity index (χ2v) is 4.92. The highest BCUT2D eigenvalue weighted by Gasteiger charge is 2.26. The number of ether oxygens (including phenoxy) is 2. The predicted molar refractivity (Wildman–Crippen MR) is 73.6 cm³/mol. The summed E-state index contributed by atoms with van der Waals surface area (Å²) in [6, 6.07) is 3.26. The van der Waals surface area contributed by atoms with E-state index in [4.69, 9.17) is 15.2 Å². The van der Waals surface area contributed by atoms with E-state index in [0.717, 1.165) is 6.54 Å². The van der Waals surface area contributed by atoms with E-state index in [0.29, 0.717) is 28.7 Å². The number of nitrogens with zero attached hydrogens (tertiary/aromatic N) is 1. The number of anilines is 1. The Morgan fingerprint density at radius 2 is 1.89 bits per heavy atom. The van der Waals surface area contributed by atoms with E-state index >= 15 is 0 Å². The Morgan fingerprint density at radius 3 is 2.42 bits per heavy atom. The number of nitrogens with two attached hydrogens (primary N) is 1. The molecule has 1 saturated carbocycles. The average Bonchev–Trinajstić information content (AvgIpc) is 3.21. The molecule has 0 aliphatic heterocycles. The van der Waals surface area contributed by atoms with Crippen LogP contribution >= 0.6 is 0 Å². The molecule has 1 aromatic rings. The Balaban J connectivity index is 2.24. The lowest BCUT2D eigenvalue weighted by molar-refractivity contribution is 0.0789. The van der Waals surface area contributed by atoms with Gasteiger partial charge in [-0.05, 0) is 24.8 Å². The second-order valence-electron chi connectivity index (χ2n) is 4.92. The summed E-state index contributed by atoms with van der Waals surface area (Å²) in [5.41, 5.74) is 6.79. The number of carbonyl (C=O) groups is 1. The normalized spacial score (nSPS) is 14.1. The molecule has 5 nitrogen and oxygen atoms in total. The smallest absolute Gasteiger partial charge is 0.255 e. The van der Waals surface area contributed by atoms with Crippen molar-refractivity contribution in [3.05, 3.63) is 17.7 Å². The molecule has 1 aliphatic carbocycles. The zero-order valence-electron chi connectivity index (χ0n) is 11.6. The van der Waals surface area contributed by atoms with Crippen LogP contribution in [0.15, 0.2) is 12.1 Å². The van der Waals surface area contributed by atoms with E-state index in [1.165, 1.54) is 27.1 Å². The molecule has 1 amide bonds. The Bertz CT molecular complexity index is 484. The number of carbonyl (C=O) groups excluding carboxylic acids is 1. The predicted octanol–water partition coefficient (Wildman–Crippen LogP) is 1.77. The lowest BCUT2D eigenvalue weighted by atomic mass is 10.1. The third-order valence-corrected chi connectivity index (χ3v) is 3.36. The quantitative estimate of drug-likeness (QED) is 0.823. The molecule has 1 fully saturated rings. The van der Waals surface area contributed by atoms with Crippen molar-refractivity contribution in [2.45, 2.75) is 12.8 Å². The molecule has 0 bridgehead atoms. The van der Waals surface area contributed by atoms with Gasteiger partial charge in [-0.3, -0.25) is 4.79 Å². The molecule has 1 aromatic carbocycles. The minimum absolute atomic E-state index is 0.0784. The fraction of sp³-hybridized carbons (Fsp3) is 0.500. The number of methoxy groups -OCH3 is 2. The SMILES string of the molecule is COc1cc(N)c(C(=O)N(C)CC2CC2)cc1OC. The van der Waals surface area contributed by atoms with E-state index in [-0.39, 0.29) is 5.91 Å². The largest absolute Gasteiger partial charge is 0.493 e. The summed E-state index contributed by atoms with van der Waals surface area (Å²) in [4.78, 5) is 14.1. The van der Waals surface area contributed by atoms with Gasteiger partial charge in [0.1, 0.15) is 0 Å². The van der Waals surface area contributed by atoms with Gasteiger partial charge in [0.05, 0.1) is 19.8 Å². The minimum atomic E-state index is -0.0784. The van der Waals surface area contributed by atoms with Crippen LogP contribution in [0.1, 0.15) is 23.2 Å². The number of hydrogen-bond acceptors (Lipinski definition) is 4. The van der Waals surface area contributed by atoms with E-state index in [2.05, 4.69) is 0 Å². The summed E-state index contributed by atoms with van der Waals surface area (Å²) in [6.45, 7) is 0.784. The highest BCUT2D eigenvalue weighted by molar-refractivity contribution is 6.00. The van der Waals surface area contributed by atoms with Crippen LogP contribution in [0, 0.1) is 5.92 Å². The molecule has 0 heterocycles. The van der Waals surface area contributed by atoms with Gasteiger partial charge in [-0.25, -0.2) is 0 Å². The third kappa shape index (κ3) is 2.92. The van der Waals surface area contributed by atoms with Crippen molar-refractivity contribution >= 4 is 11.6 Å². The topological polar surface area (TPSA) is 64.8 Å². The maximum absolute atomic E-state index is 12.3. The van der Waals surface area contributed by atoms with Gasteiger partial charge in [-0.2, -0.15) is 0 Å². The molecule has 2 N–H and O–H groups in total. The zero-order chi connectivity index (χ0) is 14.0. The van der Waals surface area contributed by atoms with Crippen LogP contribution in [0.2, 0.25) is 0 Å². The maximum Gasteiger partial charge on any atom is 0.255 e. The first-order chi connectivity index (χ1) is 9.06. The first-order valence-corrected chi connectivity index (χ1v) is 6.33. The van der Waals surface area contributed by atoms with E-state index in [9.17, 15) is 4.79 Å². The van der Waals surface area contributed by atoms with Crippen LogP contribution in [-0.2, 0) is 0 Å². The number of rotatable bonds is 5. The Kier molecular flexibility index (Phi) is 3.83. The van der Waals surface area contributed by atoms with Gasteiger partial charge in [0, 0.05) is 25.3 Å². The molecule has 2 rings (SSSR count). The van der Waals surface area contributed by atoms with Crippen molar-refractivity contribution in [3.63, 3.8) is 0 Å². The average molecular weight is 264 g/mol. The van der Waals surface area contributed by atoms with Gasteiger partial charge < -0.3 is 20.1 Å². The monoisotopic (exact) mass is 264 g/mol. The molecule has 0 radical (unpaired) electrons. The van der Waals surface area contributed by atoms with Gasteiger partial charge in [0.15, 0.2) is 11.5 Å². The first-order valence-electron chi connectivity index (χ1n) is 6.33. The summed E-state index contributed by atoms with van der Waals surface area (Å²) in [5.74, 6) is 1.61. The summed E-state index contributed by atoms with van der Waals surface area (Å²) in [5, 5.41) is 0. The van der Waals surface area contributed by atoms with E-state index < -0.39 is 0 Å². The van der Waals surface area contributed by atoms with Crippen LogP contribution in [0.4, 0.5) is 5.69 Å². The third-order valence-electron chi connectivity index (χ3n) is 3.36. The molecule has 0 saturated heterocycles. The summed E-state index contributed by atoms with van der Waals surface area (Å²) >= 11 is 0. The van der Waals surface area contributed by atoms with Crippen molar-refractivity contribution < 1.29 is 14.3 Å². The van der Waals surface area contributed by atoms with Gasteiger partial charge in [-0.15, -0.1) is 0 Å². The highest BCUT2D eigenvalue weighted by atomic mass is 16.5. The van der Waals surface area contributed by atoms with Gasteiger partial charge in [-0.1, -0.05) is 0 Å². The van der Waals surface area contributed by atoms with Crippen LogP contribution < -0.4 is 15.2 Å². The van der Waals surface area contributed by atoms with Crippen LogP contribution in [0.3, 0.4) is 0 Å². The Labute approximate surface area is 113 Å². The fourth-order valence-electron chi connectivity index (χ4n) is 2.06. The van der Waals surface area contributed by atoms with Crippen molar-refractivity contribution in [3.8, 4) is 11.5 Å².